The first-order chi connectivity index (χ1) is 14.9. The lowest BCUT2D eigenvalue weighted by molar-refractivity contribution is -0.119. The van der Waals surface area contributed by atoms with E-state index in [1.807, 2.05) is 30.3 Å². The number of aryl methyl sites for hydroxylation is 2. The van der Waals surface area contributed by atoms with E-state index in [0.717, 1.165) is 5.56 Å². The molecule has 156 valence electrons. The van der Waals surface area contributed by atoms with Crippen LogP contribution in [0.4, 0.5) is 5.69 Å². The average Bonchev–Trinajstić information content (AvgIpc) is 3.07. The second-order valence-corrected chi connectivity index (χ2v) is 7.40. The predicted octanol–water partition coefficient (Wildman–Crippen LogP) is 4.39. The number of esters is 1. The van der Waals surface area contributed by atoms with E-state index in [2.05, 4.69) is 15.4 Å². The molecule has 0 aliphatic carbocycles. The Hall–Kier alpha value is -3.71. The number of benzene rings is 2. The number of fused-ring (bicyclic) bond motifs is 1. The number of hydrogen-bond donors (Lipinski definition) is 1. The molecule has 0 fully saturated rings. The quantitative estimate of drug-likeness (QED) is 0.471. The van der Waals surface area contributed by atoms with E-state index in [1.54, 1.807) is 49.0 Å². The molecule has 0 saturated heterocycles. The van der Waals surface area contributed by atoms with Gasteiger partial charge in [-0.15, -0.1) is 0 Å². The zero-order chi connectivity index (χ0) is 22.0. The zero-order valence-electron chi connectivity index (χ0n) is 16.9. The monoisotopic (exact) mass is 434 g/mol. The molecule has 0 radical (unpaired) electrons. The lowest BCUT2D eigenvalue weighted by atomic mass is 10.1. The molecule has 1 amide bonds. The van der Waals surface area contributed by atoms with Crippen LogP contribution < -0.4 is 5.32 Å². The molecule has 0 atom stereocenters. The maximum absolute atomic E-state index is 12.9. The summed E-state index contributed by atoms with van der Waals surface area (Å²) in [6.45, 7) is 1.38. The van der Waals surface area contributed by atoms with Crippen LogP contribution in [0.5, 0.6) is 0 Å². The summed E-state index contributed by atoms with van der Waals surface area (Å²) in [4.78, 5) is 29.8. The molecule has 0 saturated carbocycles. The third kappa shape index (κ3) is 4.41. The minimum atomic E-state index is -0.619. The van der Waals surface area contributed by atoms with Gasteiger partial charge in [0.05, 0.1) is 22.3 Å². The summed E-state index contributed by atoms with van der Waals surface area (Å²) >= 11 is 5.84. The van der Waals surface area contributed by atoms with E-state index in [1.165, 1.54) is 0 Å². The van der Waals surface area contributed by atoms with Gasteiger partial charge in [-0.25, -0.2) is 9.78 Å². The van der Waals surface area contributed by atoms with Gasteiger partial charge in [0.25, 0.3) is 5.91 Å². The number of amides is 1. The Morgan fingerprint density at radius 2 is 1.81 bits per heavy atom. The minimum Gasteiger partial charge on any atom is -0.452 e. The van der Waals surface area contributed by atoms with E-state index >= 15 is 0 Å². The highest BCUT2D eigenvalue weighted by atomic mass is 35.5. The van der Waals surface area contributed by atoms with E-state index in [9.17, 15) is 9.59 Å². The molecule has 7 nitrogen and oxygen atoms in total. The van der Waals surface area contributed by atoms with Crippen molar-refractivity contribution in [1.29, 1.82) is 0 Å². The summed E-state index contributed by atoms with van der Waals surface area (Å²) in [7, 11) is 1.77. The molecule has 1 N–H and O–H groups in total. The number of aromatic nitrogens is 3. The maximum Gasteiger partial charge on any atom is 0.339 e. The molecule has 0 aliphatic heterocycles. The fraction of sp³-hybridized carbons (Fsp3) is 0.130. The summed E-state index contributed by atoms with van der Waals surface area (Å²) in [5.74, 6) is -1.07. The van der Waals surface area contributed by atoms with Crippen LogP contribution in [-0.4, -0.2) is 33.2 Å². The molecule has 8 heteroatoms. The number of carbonyl (C=O) groups is 2. The van der Waals surface area contributed by atoms with Gasteiger partial charge in [-0.05, 0) is 37.3 Å². The molecule has 4 aromatic rings. The Balaban J connectivity index is 1.59. The Bertz CT molecular complexity index is 1270. The smallest absolute Gasteiger partial charge is 0.339 e. The van der Waals surface area contributed by atoms with Crippen LogP contribution in [-0.2, 0) is 16.6 Å². The highest BCUT2D eigenvalue weighted by Gasteiger charge is 2.21. The lowest BCUT2D eigenvalue weighted by Crippen LogP contribution is -2.21. The highest BCUT2D eigenvalue weighted by Crippen LogP contribution is 2.27. The molecule has 0 unspecified atom stereocenters. The van der Waals surface area contributed by atoms with Gasteiger partial charge in [0.15, 0.2) is 12.3 Å². The van der Waals surface area contributed by atoms with Crippen LogP contribution in [0.25, 0.3) is 22.3 Å². The van der Waals surface area contributed by atoms with Crippen molar-refractivity contribution in [1.82, 2.24) is 14.8 Å². The number of hydrogen-bond acceptors (Lipinski definition) is 5. The Morgan fingerprint density at radius 1 is 1.10 bits per heavy atom. The molecule has 2 aromatic heterocycles. The van der Waals surface area contributed by atoms with Crippen molar-refractivity contribution in [2.24, 2.45) is 7.05 Å². The largest absolute Gasteiger partial charge is 0.452 e. The van der Waals surface area contributed by atoms with Crippen molar-refractivity contribution in [2.45, 2.75) is 6.92 Å². The topological polar surface area (TPSA) is 86.1 Å². The van der Waals surface area contributed by atoms with Gasteiger partial charge < -0.3 is 10.1 Å². The maximum atomic E-state index is 12.9. The summed E-state index contributed by atoms with van der Waals surface area (Å²) in [6.07, 6.45) is 0. The van der Waals surface area contributed by atoms with Crippen LogP contribution in [0.15, 0.2) is 60.7 Å². The van der Waals surface area contributed by atoms with E-state index in [-0.39, 0.29) is 0 Å². The summed E-state index contributed by atoms with van der Waals surface area (Å²) < 4.78 is 6.93. The van der Waals surface area contributed by atoms with Crippen LogP contribution >= 0.6 is 11.6 Å². The number of ether oxygens (including phenoxy) is 1. The predicted molar refractivity (Wildman–Crippen MR) is 119 cm³/mol. The number of anilines is 1. The second kappa shape index (κ2) is 8.57. The van der Waals surface area contributed by atoms with Crippen molar-refractivity contribution in [3.05, 3.63) is 76.9 Å². The van der Waals surface area contributed by atoms with Crippen molar-refractivity contribution in [3.63, 3.8) is 0 Å². The molecule has 0 spiro atoms. The fourth-order valence-corrected chi connectivity index (χ4v) is 3.43. The summed E-state index contributed by atoms with van der Waals surface area (Å²) in [5, 5.41) is 8.21. The number of rotatable bonds is 5. The molecule has 31 heavy (non-hydrogen) atoms. The molecular formula is C23H19ClN4O3. The zero-order valence-corrected chi connectivity index (χ0v) is 17.7. The Morgan fingerprint density at radius 3 is 2.52 bits per heavy atom. The third-order valence-electron chi connectivity index (χ3n) is 4.72. The minimum absolute atomic E-state index is 0.314. The molecular weight excluding hydrogens is 416 g/mol. The summed E-state index contributed by atoms with van der Waals surface area (Å²) in [6, 6.07) is 17.8. The molecule has 0 bridgehead atoms. The van der Waals surface area contributed by atoms with Gasteiger partial charge in [0.1, 0.15) is 0 Å². The normalized spacial score (nSPS) is 10.8. The number of halogens is 1. The first kappa shape index (κ1) is 20.6. The second-order valence-electron chi connectivity index (χ2n) is 6.96. The number of nitrogens with one attached hydrogen (secondary N) is 1. The van der Waals surface area contributed by atoms with E-state index < -0.39 is 18.5 Å². The standard InChI is InChI=1S/C23H19ClN4O3/c1-14-21-18(23(30)31-13-20(29)25-17-10-8-16(24)9-11-17)12-19(15-6-4-3-5-7-15)26-22(21)28(2)27-14/h3-12H,13H2,1-2H3,(H,25,29). The number of nitrogens with zero attached hydrogens (tertiary/aromatic N) is 3. The third-order valence-corrected chi connectivity index (χ3v) is 4.97. The van der Waals surface area contributed by atoms with E-state index in [4.69, 9.17) is 16.3 Å². The van der Waals surface area contributed by atoms with Crippen molar-refractivity contribution >= 4 is 40.2 Å². The lowest BCUT2D eigenvalue weighted by Gasteiger charge is -2.09. The molecule has 2 heterocycles. The van der Waals surface area contributed by atoms with Gasteiger partial charge in [-0.2, -0.15) is 5.10 Å². The molecule has 4 rings (SSSR count). The first-order valence-electron chi connectivity index (χ1n) is 9.54. The van der Waals surface area contributed by atoms with Gasteiger partial charge in [-0.1, -0.05) is 41.9 Å². The van der Waals surface area contributed by atoms with Crippen molar-refractivity contribution in [3.8, 4) is 11.3 Å². The fourth-order valence-electron chi connectivity index (χ4n) is 3.30. The first-order valence-corrected chi connectivity index (χ1v) is 9.92. The summed E-state index contributed by atoms with van der Waals surface area (Å²) in [5.41, 5.74) is 3.57. The van der Waals surface area contributed by atoms with Gasteiger partial charge in [-0.3, -0.25) is 9.48 Å². The van der Waals surface area contributed by atoms with Gasteiger partial charge in [0.2, 0.25) is 0 Å². The molecule has 0 aliphatic rings. The SMILES string of the molecule is Cc1nn(C)c2nc(-c3ccccc3)cc(C(=O)OCC(=O)Nc3ccc(Cl)cc3)c12. The Kier molecular flexibility index (Phi) is 5.68. The van der Waals surface area contributed by atoms with E-state index in [0.29, 0.717) is 38.7 Å². The van der Waals surface area contributed by atoms with Crippen LogP contribution in [0, 0.1) is 6.92 Å². The van der Waals surface area contributed by atoms with Crippen molar-refractivity contribution in [2.75, 3.05) is 11.9 Å². The average molecular weight is 435 g/mol. The van der Waals surface area contributed by atoms with Gasteiger partial charge >= 0.3 is 5.97 Å². The molecule has 2 aromatic carbocycles. The number of carbonyl (C=O) groups excluding carboxylic acids is 2. The van der Waals surface area contributed by atoms with Crippen LogP contribution in [0.2, 0.25) is 5.02 Å². The van der Waals surface area contributed by atoms with Gasteiger partial charge in [0, 0.05) is 23.3 Å². The van der Waals surface area contributed by atoms with Crippen LogP contribution in [0.3, 0.4) is 0 Å². The van der Waals surface area contributed by atoms with Crippen molar-refractivity contribution < 1.29 is 14.3 Å². The van der Waals surface area contributed by atoms with Crippen LogP contribution in [0.1, 0.15) is 16.1 Å². The number of pyridine rings is 1. The highest BCUT2D eigenvalue weighted by molar-refractivity contribution is 6.30. The Labute approximate surface area is 183 Å².